The van der Waals surface area contributed by atoms with E-state index in [0.717, 1.165) is 44.9 Å². The van der Waals surface area contributed by atoms with E-state index in [1.165, 1.54) is 30.5 Å². The van der Waals surface area contributed by atoms with E-state index in [1.54, 1.807) is 0 Å². The van der Waals surface area contributed by atoms with Crippen LogP contribution in [0.25, 0.3) is 0 Å². The Bertz CT molecular complexity index is 673. The Labute approximate surface area is 198 Å². The summed E-state index contributed by atoms with van der Waals surface area (Å²) in [6.45, 7) is 8.26. The van der Waals surface area contributed by atoms with Crippen LogP contribution in [0, 0.1) is 12.8 Å². The summed E-state index contributed by atoms with van der Waals surface area (Å²) in [5.74, 6) is 1.27. The molecule has 0 aromatic heterocycles. The number of carbonyl (C=O) groups excluding carboxylic acids is 1. The maximum absolute atomic E-state index is 12.2. The van der Waals surface area contributed by atoms with Gasteiger partial charge in [0.25, 0.3) is 0 Å². The highest BCUT2D eigenvalue weighted by Crippen LogP contribution is 2.23. The van der Waals surface area contributed by atoms with E-state index in [9.17, 15) is 4.79 Å². The molecule has 168 valence electrons. The minimum atomic E-state index is 0. The van der Waals surface area contributed by atoms with Gasteiger partial charge >= 0.3 is 0 Å². The molecule has 1 aromatic rings. The van der Waals surface area contributed by atoms with E-state index in [4.69, 9.17) is 0 Å². The highest BCUT2D eigenvalue weighted by Gasteiger charge is 2.23. The molecule has 30 heavy (non-hydrogen) atoms. The van der Waals surface area contributed by atoms with E-state index in [2.05, 4.69) is 64.0 Å². The monoisotopic (exact) mass is 527 g/mol. The van der Waals surface area contributed by atoms with Crippen LogP contribution in [0.3, 0.4) is 0 Å². The summed E-state index contributed by atoms with van der Waals surface area (Å²) in [5, 5.41) is 9.96. The zero-order valence-electron chi connectivity index (χ0n) is 18.5. The van der Waals surface area contributed by atoms with Crippen LogP contribution in [0.1, 0.15) is 51.0 Å². The first-order valence-corrected chi connectivity index (χ1v) is 11.3. The molecule has 1 aromatic carbocycles. The van der Waals surface area contributed by atoms with Gasteiger partial charge in [-0.1, -0.05) is 37.0 Å². The van der Waals surface area contributed by atoms with E-state index in [1.807, 2.05) is 0 Å². The fraction of sp³-hybridized carbons (Fsp3) is 0.652. The number of nitrogens with zero attached hydrogens (tertiary/aromatic N) is 2. The summed E-state index contributed by atoms with van der Waals surface area (Å²) in [6, 6.07) is 9.12. The van der Waals surface area contributed by atoms with Crippen LogP contribution in [0.2, 0.25) is 0 Å². The third kappa shape index (κ3) is 7.63. The lowest BCUT2D eigenvalue weighted by atomic mass is 9.89. The van der Waals surface area contributed by atoms with Gasteiger partial charge in [-0.2, -0.15) is 0 Å². The summed E-state index contributed by atoms with van der Waals surface area (Å²) in [4.78, 5) is 19.3. The molecule has 1 aliphatic carbocycles. The first-order valence-electron chi connectivity index (χ1n) is 11.3. The topological polar surface area (TPSA) is 68.8 Å². The van der Waals surface area contributed by atoms with Crippen molar-refractivity contribution in [2.45, 2.75) is 58.4 Å². The Morgan fingerprint density at radius 3 is 2.53 bits per heavy atom. The first-order chi connectivity index (χ1) is 14.2. The molecule has 7 heteroatoms. The Kier molecular flexibility index (Phi) is 10.7. The number of hydrogen-bond acceptors (Lipinski definition) is 3. The number of aliphatic imine (C=N–C) groups is 1. The third-order valence-electron chi connectivity index (χ3n) is 5.93. The van der Waals surface area contributed by atoms with Crippen LogP contribution in [-0.4, -0.2) is 50.6 Å². The second-order valence-corrected chi connectivity index (χ2v) is 8.30. The van der Waals surface area contributed by atoms with Gasteiger partial charge in [-0.25, -0.2) is 0 Å². The van der Waals surface area contributed by atoms with Crippen LogP contribution in [0.4, 0.5) is 5.69 Å². The Morgan fingerprint density at radius 2 is 1.83 bits per heavy atom. The fourth-order valence-electron chi connectivity index (χ4n) is 4.24. The van der Waals surface area contributed by atoms with Crippen LogP contribution in [0.5, 0.6) is 0 Å². The summed E-state index contributed by atoms with van der Waals surface area (Å²) in [6.07, 6.45) is 6.82. The van der Waals surface area contributed by atoms with Gasteiger partial charge in [0.2, 0.25) is 5.91 Å². The zero-order chi connectivity index (χ0) is 20.5. The van der Waals surface area contributed by atoms with Gasteiger partial charge in [0.05, 0.1) is 6.54 Å². The molecule has 1 saturated heterocycles. The van der Waals surface area contributed by atoms with Crippen molar-refractivity contribution in [3.8, 4) is 0 Å². The number of amides is 1. The molecule has 1 amide bonds. The molecule has 1 heterocycles. The predicted molar refractivity (Wildman–Crippen MR) is 136 cm³/mol. The smallest absolute Gasteiger partial charge is 0.223 e. The SMILES string of the molecule is CCNC(=NCCNC(=O)C1CCCCC1)NC1CCN(c2ccc(C)cc2)C1.I. The van der Waals surface area contributed by atoms with Gasteiger partial charge in [-0.15, -0.1) is 24.0 Å². The van der Waals surface area contributed by atoms with Gasteiger partial charge in [-0.05, 0) is 45.2 Å². The standard InChI is InChI=1S/C23H37N5O.HI/c1-3-24-23(26-15-14-25-22(29)19-7-5-4-6-8-19)27-20-13-16-28(17-20)21-11-9-18(2)10-12-21;/h9-12,19-20H,3-8,13-17H2,1-2H3,(H,25,29)(H2,24,26,27);1H. The fourth-order valence-corrected chi connectivity index (χ4v) is 4.24. The largest absolute Gasteiger partial charge is 0.369 e. The van der Waals surface area contributed by atoms with E-state index in [-0.39, 0.29) is 35.8 Å². The van der Waals surface area contributed by atoms with Gasteiger partial charge in [0.1, 0.15) is 0 Å². The number of rotatable bonds is 7. The zero-order valence-corrected chi connectivity index (χ0v) is 20.8. The van der Waals surface area contributed by atoms with Crippen molar-refractivity contribution in [1.82, 2.24) is 16.0 Å². The number of guanidine groups is 1. The van der Waals surface area contributed by atoms with Crippen molar-refractivity contribution in [3.05, 3.63) is 29.8 Å². The molecule has 2 fully saturated rings. The van der Waals surface area contributed by atoms with Crippen molar-refractivity contribution in [1.29, 1.82) is 0 Å². The minimum Gasteiger partial charge on any atom is -0.369 e. The van der Waals surface area contributed by atoms with Crippen molar-refractivity contribution >= 4 is 41.5 Å². The second kappa shape index (κ2) is 13.0. The number of aryl methyl sites for hydroxylation is 1. The lowest BCUT2D eigenvalue weighted by Crippen LogP contribution is -2.45. The van der Waals surface area contributed by atoms with E-state index >= 15 is 0 Å². The molecule has 0 spiro atoms. The van der Waals surface area contributed by atoms with Crippen molar-refractivity contribution in [3.63, 3.8) is 0 Å². The molecule has 2 aliphatic rings. The third-order valence-corrected chi connectivity index (χ3v) is 5.93. The normalized spacial score (nSPS) is 19.9. The molecule has 3 rings (SSSR count). The second-order valence-electron chi connectivity index (χ2n) is 8.30. The van der Waals surface area contributed by atoms with Gasteiger partial charge in [0.15, 0.2) is 5.96 Å². The summed E-state index contributed by atoms with van der Waals surface area (Å²) >= 11 is 0. The molecule has 1 saturated carbocycles. The van der Waals surface area contributed by atoms with Gasteiger partial charge in [0, 0.05) is 43.8 Å². The maximum atomic E-state index is 12.2. The molecule has 3 N–H and O–H groups in total. The van der Waals surface area contributed by atoms with Crippen LogP contribution >= 0.6 is 24.0 Å². The summed E-state index contributed by atoms with van der Waals surface area (Å²) < 4.78 is 0. The molecule has 0 radical (unpaired) electrons. The van der Waals surface area contributed by atoms with Gasteiger partial charge in [-0.3, -0.25) is 9.79 Å². The molecule has 1 atom stereocenters. The average Bonchev–Trinajstić information content (AvgIpc) is 3.20. The molecular weight excluding hydrogens is 489 g/mol. The number of halogens is 1. The summed E-state index contributed by atoms with van der Waals surface area (Å²) in [7, 11) is 0. The lowest BCUT2D eigenvalue weighted by Gasteiger charge is -2.21. The highest BCUT2D eigenvalue weighted by atomic mass is 127. The Morgan fingerprint density at radius 1 is 1.10 bits per heavy atom. The van der Waals surface area contributed by atoms with Gasteiger partial charge < -0.3 is 20.9 Å². The van der Waals surface area contributed by atoms with Crippen molar-refractivity contribution in [2.24, 2.45) is 10.9 Å². The minimum absolute atomic E-state index is 0. The summed E-state index contributed by atoms with van der Waals surface area (Å²) in [5.41, 5.74) is 2.58. The van der Waals surface area contributed by atoms with E-state index in [0.29, 0.717) is 19.1 Å². The van der Waals surface area contributed by atoms with Crippen molar-refractivity contribution in [2.75, 3.05) is 37.6 Å². The number of nitrogens with one attached hydrogen (secondary N) is 3. The Hall–Kier alpha value is -1.51. The predicted octanol–water partition coefficient (Wildman–Crippen LogP) is 3.44. The van der Waals surface area contributed by atoms with Crippen LogP contribution in [-0.2, 0) is 4.79 Å². The van der Waals surface area contributed by atoms with E-state index < -0.39 is 0 Å². The number of benzene rings is 1. The quantitative estimate of drug-likeness (QED) is 0.220. The first kappa shape index (κ1) is 24.8. The van der Waals surface area contributed by atoms with Crippen LogP contribution in [0.15, 0.2) is 29.3 Å². The highest BCUT2D eigenvalue weighted by molar-refractivity contribution is 14.0. The number of anilines is 1. The molecule has 0 bridgehead atoms. The molecule has 1 aliphatic heterocycles. The van der Waals surface area contributed by atoms with Crippen LogP contribution < -0.4 is 20.9 Å². The molecule has 6 nitrogen and oxygen atoms in total. The molecular formula is C23H38IN5O. The van der Waals surface area contributed by atoms with Crippen molar-refractivity contribution < 1.29 is 4.79 Å². The number of carbonyl (C=O) groups is 1. The Balaban J connectivity index is 0.00000320. The average molecular weight is 527 g/mol. The molecule has 1 unspecified atom stereocenters. The lowest BCUT2D eigenvalue weighted by molar-refractivity contribution is -0.125. The maximum Gasteiger partial charge on any atom is 0.223 e. The number of hydrogen-bond donors (Lipinski definition) is 3.